The fourth-order valence-corrected chi connectivity index (χ4v) is 2.98. The minimum Gasteiger partial charge on any atom is -0.478 e. The molecular weight excluding hydrogens is 476 g/mol. The molecule has 2 rings (SSSR count). The molecule has 0 saturated carbocycles. The number of benzene rings is 1. The molecule has 1 aromatic rings. The summed E-state index contributed by atoms with van der Waals surface area (Å²) in [5, 5.41) is 9.30. The van der Waals surface area contributed by atoms with Crippen LogP contribution < -0.4 is 4.74 Å². The zero-order valence-corrected chi connectivity index (χ0v) is 18.0. The maximum atomic E-state index is 12.6. The number of carbonyl (C=O) groups excluding carboxylic acids is 1. The van der Waals surface area contributed by atoms with Gasteiger partial charge in [-0.15, -0.1) is 0 Å². The number of aliphatic carboxylic acids is 1. The number of alkyl halides is 6. The second-order valence-electron chi connectivity index (χ2n) is 7.93. The molecule has 0 aliphatic carbocycles. The van der Waals surface area contributed by atoms with Crippen molar-refractivity contribution in [1.82, 2.24) is 9.80 Å². The Morgan fingerprint density at radius 3 is 2.12 bits per heavy atom. The van der Waals surface area contributed by atoms with Crippen LogP contribution in [0.4, 0.5) is 36.8 Å². The third kappa shape index (κ3) is 6.89. The van der Waals surface area contributed by atoms with Gasteiger partial charge in [0.05, 0.1) is 6.57 Å². The normalized spacial score (nSPS) is 15.7. The van der Waals surface area contributed by atoms with E-state index in [0.29, 0.717) is 5.56 Å². The smallest absolute Gasteiger partial charge is 0.434 e. The van der Waals surface area contributed by atoms with Gasteiger partial charge in [-0.2, -0.15) is 26.3 Å². The van der Waals surface area contributed by atoms with Crippen LogP contribution in [0.5, 0.6) is 5.75 Å². The molecule has 14 heteroatoms. The van der Waals surface area contributed by atoms with Crippen molar-refractivity contribution in [2.24, 2.45) is 0 Å². The molecule has 1 amide bonds. The molecule has 8 nitrogen and oxygen atoms in total. The lowest BCUT2D eigenvalue weighted by Gasteiger charge is -2.35. The van der Waals surface area contributed by atoms with E-state index in [1.165, 1.54) is 26.0 Å². The van der Waals surface area contributed by atoms with Crippen molar-refractivity contribution in [2.45, 2.75) is 44.4 Å². The number of hydrogen-bond donors (Lipinski definition) is 1. The predicted molar refractivity (Wildman–Crippen MR) is 104 cm³/mol. The zero-order chi connectivity index (χ0) is 25.9. The molecular formula is C20H21F6N3O5. The number of carboxylic acid groups (broad SMARTS) is 1. The first kappa shape index (κ1) is 27.0. The lowest BCUT2D eigenvalue weighted by Crippen LogP contribution is -2.52. The number of piperazine rings is 1. The molecule has 0 spiro atoms. The summed E-state index contributed by atoms with van der Waals surface area (Å²) in [4.78, 5) is 29.0. The number of nitrogens with zero attached hydrogens (tertiary/aromatic N) is 3. The van der Waals surface area contributed by atoms with E-state index in [2.05, 4.69) is 9.58 Å². The van der Waals surface area contributed by atoms with Gasteiger partial charge < -0.3 is 19.5 Å². The maximum Gasteiger partial charge on any atom is 0.434 e. The van der Waals surface area contributed by atoms with Gasteiger partial charge in [0.2, 0.25) is 0 Å². The Bertz CT molecular complexity index is 935. The molecule has 1 aliphatic rings. The third-order valence-corrected chi connectivity index (χ3v) is 4.90. The predicted octanol–water partition coefficient (Wildman–Crippen LogP) is 4.23. The van der Waals surface area contributed by atoms with Gasteiger partial charge in [0.25, 0.3) is 6.10 Å². The van der Waals surface area contributed by atoms with Crippen LogP contribution in [0.2, 0.25) is 0 Å². The van der Waals surface area contributed by atoms with Gasteiger partial charge in [0, 0.05) is 38.3 Å². The summed E-state index contributed by atoms with van der Waals surface area (Å²) >= 11 is 0. The maximum absolute atomic E-state index is 12.6. The standard InChI is InChI=1S/C20H21F6N3O5/c1-18(2,16(30)31)34-14-10-13(27-3)5-4-12(14)11-28-6-8-29(9-7-28)17(32)33-15(19(21,22)23)20(24,25)26/h4-5,10,15H,6-9,11H2,1-2H3,(H,30,31). The Morgan fingerprint density at radius 1 is 1.09 bits per heavy atom. The molecule has 0 radical (unpaired) electrons. The number of rotatable bonds is 6. The highest BCUT2D eigenvalue weighted by molar-refractivity contribution is 5.77. The molecule has 1 aromatic carbocycles. The van der Waals surface area contributed by atoms with Gasteiger partial charge in [-0.25, -0.2) is 14.4 Å². The van der Waals surface area contributed by atoms with Crippen molar-refractivity contribution in [1.29, 1.82) is 0 Å². The number of amides is 1. The van der Waals surface area contributed by atoms with E-state index in [-0.39, 0.29) is 44.2 Å². The highest BCUT2D eigenvalue weighted by atomic mass is 19.4. The summed E-state index contributed by atoms with van der Waals surface area (Å²) < 4.78 is 85.0. The van der Waals surface area contributed by atoms with E-state index >= 15 is 0 Å². The highest BCUT2D eigenvalue weighted by Crippen LogP contribution is 2.36. The van der Waals surface area contributed by atoms with Crippen molar-refractivity contribution in [3.05, 3.63) is 35.2 Å². The van der Waals surface area contributed by atoms with Gasteiger partial charge in [0.15, 0.2) is 11.3 Å². The largest absolute Gasteiger partial charge is 0.478 e. The summed E-state index contributed by atoms with van der Waals surface area (Å²) in [6.07, 6.45) is -17.5. The SMILES string of the molecule is [C-]#[N+]c1ccc(CN2CCN(C(=O)OC(C(F)(F)F)C(F)(F)F)CC2)c(OC(C)(C)C(=O)O)c1. The monoisotopic (exact) mass is 497 g/mol. The first-order valence-corrected chi connectivity index (χ1v) is 9.78. The van der Waals surface area contributed by atoms with E-state index in [1.807, 2.05) is 0 Å². The van der Waals surface area contributed by atoms with Crippen molar-refractivity contribution in [3.8, 4) is 5.75 Å². The Hall–Kier alpha value is -3.21. The average Bonchev–Trinajstić information content (AvgIpc) is 2.71. The number of ether oxygens (including phenoxy) is 2. The Kier molecular flexibility index (Phi) is 7.92. The Labute approximate surface area is 190 Å². The van der Waals surface area contributed by atoms with Crippen molar-refractivity contribution >= 4 is 17.7 Å². The summed E-state index contributed by atoms with van der Waals surface area (Å²) in [5.41, 5.74) is -0.894. The molecule has 188 valence electrons. The highest BCUT2D eigenvalue weighted by Gasteiger charge is 2.60. The lowest BCUT2D eigenvalue weighted by molar-refractivity contribution is -0.308. The zero-order valence-electron chi connectivity index (χ0n) is 18.0. The molecule has 1 N–H and O–H groups in total. The fourth-order valence-electron chi connectivity index (χ4n) is 2.98. The van der Waals surface area contributed by atoms with Crippen LogP contribution in [0, 0.1) is 6.57 Å². The second-order valence-corrected chi connectivity index (χ2v) is 7.93. The summed E-state index contributed by atoms with van der Waals surface area (Å²) in [6, 6.07) is 4.42. The summed E-state index contributed by atoms with van der Waals surface area (Å²) in [5.74, 6) is -1.10. The van der Waals surface area contributed by atoms with Crippen LogP contribution in [-0.4, -0.2) is 77.2 Å². The Balaban J connectivity index is 2.06. The minimum atomic E-state index is -5.80. The van der Waals surface area contributed by atoms with Gasteiger partial charge in [0.1, 0.15) is 5.75 Å². The van der Waals surface area contributed by atoms with Gasteiger partial charge >= 0.3 is 24.4 Å². The van der Waals surface area contributed by atoms with E-state index < -0.39 is 36.1 Å². The van der Waals surface area contributed by atoms with Gasteiger partial charge in [-0.05, 0) is 19.9 Å². The van der Waals surface area contributed by atoms with Crippen molar-refractivity contribution in [2.75, 3.05) is 26.2 Å². The number of halogens is 6. The van der Waals surface area contributed by atoms with Crippen LogP contribution in [0.25, 0.3) is 4.85 Å². The van der Waals surface area contributed by atoms with Crippen LogP contribution in [-0.2, 0) is 16.1 Å². The van der Waals surface area contributed by atoms with Crippen molar-refractivity contribution < 1.29 is 50.5 Å². The molecule has 0 unspecified atom stereocenters. The molecule has 1 aliphatic heterocycles. The number of carbonyl (C=O) groups is 2. The first-order chi connectivity index (χ1) is 15.5. The topological polar surface area (TPSA) is 83.7 Å². The number of hydrogen-bond acceptors (Lipinski definition) is 5. The van der Waals surface area contributed by atoms with Crippen LogP contribution in [0.1, 0.15) is 19.4 Å². The molecule has 0 bridgehead atoms. The van der Waals surface area contributed by atoms with Gasteiger partial charge in [-0.3, -0.25) is 4.90 Å². The fraction of sp³-hybridized carbons (Fsp3) is 0.550. The minimum absolute atomic E-state index is 0.0874. The molecule has 1 fully saturated rings. The third-order valence-electron chi connectivity index (χ3n) is 4.90. The second kappa shape index (κ2) is 9.96. The Morgan fingerprint density at radius 2 is 1.65 bits per heavy atom. The summed E-state index contributed by atoms with van der Waals surface area (Å²) in [6.45, 7) is 9.71. The van der Waals surface area contributed by atoms with E-state index in [4.69, 9.17) is 11.3 Å². The average molecular weight is 497 g/mol. The van der Waals surface area contributed by atoms with Gasteiger partial charge in [-0.1, -0.05) is 12.1 Å². The molecule has 0 aromatic heterocycles. The molecule has 1 saturated heterocycles. The molecule has 1 heterocycles. The number of carboxylic acids is 1. The van der Waals surface area contributed by atoms with E-state index in [1.54, 1.807) is 11.0 Å². The first-order valence-electron chi connectivity index (χ1n) is 9.78. The van der Waals surface area contributed by atoms with Crippen LogP contribution >= 0.6 is 0 Å². The van der Waals surface area contributed by atoms with Crippen LogP contribution in [0.15, 0.2) is 18.2 Å². The molecule has 0 atom stereocenters. The van der Waals surface area contributed by atoms with E-state index in [0.717, 1.165) is 4.90 Å². The van der Waals surface area contributed by atoms with Crippen LogP contribution in [0.3, 0.4) is 0 Å². The quantitative estimate of drug-likeness (QED) is 0.468. The van der Waals surface area contributed by atoms with E-state index in [9.17, 15) is 41.0 Å². The molecule has 34 heavy (non-hydrogen) atoms. The van der Waals surface area contributed by atoms with Crippen molar-refractivity contribution in [3.63, 3.8) is 0 Å². The lowest BCUT2D eigenvalue weighted by atomic mass is 10.1. The summed E-state index contributed by atoms with van der Waals surface area (Å²) in [7, 11) is 0.